The Morgan fingerprint density at radius 1 is 1.14 bits per heavy atom. The molecule has 0 atom stereocenters. The fourth-order valence-corrected chi connectivity index (χ4v) is 2.10. The van der Waals surface area contributed by atoms with Gasteiger partial charge in [-0.3, -0.25) is 0 Å². The minimum atomic E-state index is 0.337. The van der Waals surface area contributed by atoms with Crippen molar-refractivity contribution in [2.75, 3.05) is 6.54 Å². The third kappa shape index (κ3) is 1.36. The van der Waals surface area contributed by atoms with Gasteiger partial charge >= 0.3 is 0 Å². The molecular weight excluding hydrogens is 170 g/mol. The molecule has 1 aliphatic carbocycles. The van der Waals surface area contributed by atoms with Gasteiger partial charge in [0.25, 0.3) is 0 Å². The Morgan fingerprint density at radius 2 is 1.64 bits per heavy atom. The number of nitrogens with two attached hydrogens (primary N) is 1. The first-order valence-corrected chi connectivity index (χ1v) is 5.37. The summed E-state index contributed by atoms with van der Waals surface area (Å²) < 4.78 is 0. The van der Waals surface area contributed by atoms with Crippen LogP contribution in [0.5, 0.6) is 0 Å². The summed E-state index contributed by atoms with van der Waals surface area (Å²) in [5.74, 6) is 0. The van der Waals surface area contributed by atoms with Crippen LogP contribution in [0.15, 0.2) is 12.1 Å². The molecule has 1 aromatic carbocycles. The molecular formula is C13H19N. The van der Waals surface area contributed by atoms with Crippen LogP contribution >= 0.6 is 0 Å². The number of aryl methyl sites for hydroxylation is 2. The molecule has 0 saturated heterocycles. The molecule has 2 N–H and O–H groups in total. The van der Waals surface area contributed by atoms with E-state index in [1.54, 1.807) is 0 Å². The summed E-state index contributed by atoms with van der Waals surface area (Å²) in [4.78, 5) is 0. The zero-order valence-corrected chi connectivity index (χ0v) is 9.35. The Morgan fingerprint density at radius 3 is 2.00 bits per heavy atom. The van der Waals surface area contributed by atoms with E-state index in [0.717, 1.165) is 6.54 Å². The van der Waals surface area contributed by atoms with Crippen LogP contribution in [0, 0.1) is 20.8 Å². The summed E-state index contributed by atoms with van der Waals surface area (Å²) in [6.07, 6.45) is 2.54. The molecule has 1 aromatic rings. The number of hydrogen-bond donors (Lipinski definition) is 1. The summed E-state index contributed by atoms with van der Waals surface area (Å²) in [6.45, 7) is 7.38. The molecule has 0 unspecified atom stereocenters. The maximum atomic E-state index is 5.84. The van der Waals surface area contributed by atoms with E-state index >= 15 is 0 Å². The van der Waals surface area contributed by atoms with Gasteiger partial charge < -0.3 is 5.73 Å². The van der Waals surface area contributed by atoms with E-state index in [0.29, 0.717) is 5.41 Å². The lowest BCUT2D eigenvalue weighted by Crippen LogP contribution is -2.20. The Bertz CT molecular complexity index is 338. The standard InChI is InChI=1S/C13H19N/c1-9-6-12(7-10(2)11(9)3)13(8-14)4-5-13/h6-7H,4-5,8,14H2,1-3H3. The van der Waals surface area contributed by atoms with E-state index in [1.807, 2.05) is 0 Å². The lowest BCUT2D eigenvalue weighted by atomic mass is 9.90. The van der Waals surface area contributed by atoms with Crippen molar-refractivity contribution in [2.45, 2.75) is 39.0 Å². The predicted octanol–water partition coefficient (Wildman–Crippen LogP) is 2.60. The number of hydrogen-bond acceptors (Lipinski definition) is 1. The fourth-order valence-electron chi connectivity index (χ4n) is 2.10. The molecule has 0 heterocycles. The largest absolute Gasteiger partial charge is 0.330 e. The Labute approximate surface area is 86.3 Å². The van der Waals surface area contributed by atoms with Crippen molar-refractivity contribution in [3.05, 3.63) is 34.4 Å². The number of benzene rings is 1. The minimum absolute atomic E-state index is 0.337. The molecule has 2 rings (SSSR count). The molecule has 0 radical (unpaired) electrons. The first kappa shape index (κ1) is 9.72. The smallest absolute Gasteiger partial charge is 0.00764 e. The van der Waals surface area contributed by atoms with E-state index in [-0.39, 0.29) is 0 Å². The van der Waals surface area contributed by atoms with E-state index in [1.165, 1.54) is 35.1 Å². The van der Waals surface area contributed by atoms with Crippen molar-refractivity contribution in [2.24, 2.45) is 5.73 Å². The van der Waals surface area contributed by atoms with Crippen molar-refractivity contribution in [3.63, 3.8) is 0 Å². The maximum absolute atomic E-state index is 5.84. The van der Waals surface area contributed by atoms with Gasteiger partial charge in [-0.2, -0.15) is 0 Å². The summed E-state index contributed by atoms with van der Waals surface area (Å²) >= 11 is 0. The van der Waals surface area contributed by atoms with Crippen LogP contribution in [0.3, 0.4) is 0 Å². The Kier molecular flexibility index (Phi) is 2.15. The van der Waals surface area contributed by atoms with Gasteiger partial charge in [-0.15, -0.1) is 0 Å². The molecule has 0 bridgehead atoms. The van der Waals surface area contributed by atoms with Gasteiger partial charge in [-0.05, 0) is 55.9 Å². The lowest BCUT2D eigenvalue weighted by molar-refractivity contribution is 0.702. The highest BCUT2D eigenvalue weighted by Gasteiger charge is 2.42. The van der Waals surface area contributed by atoms with Crippen LogP contribution in [0.25, 0.3) is 0 Å². The summed E-state index contributed by atoms with van der Waals surface area (Å²) in [7, 11) is 0. The number of rotatable bonds is 2. The Hall–Kier alpha value is -0.820. The SMILES string of the molecule is Cc1cc(C2(CN)CC2)cc(C)c1C. The third-order valence-electron chi connectivity index (χ3n) is 3.78. The Balaban J connectivity index is 2.46. The molecule has 0 aliphatic heterocycles. The van der Waals surface area contributed by atoms with E-state index in [2.05, 4.69) is 32.9 Å². The summed E-state index contributed by atoms with van der Waals surface area (Å²) in [5.41, 5.74) is 11.9. The monoisotopic (exact) mass is 189 g/mol. The van der Waals surface area contributed by atoms with Crippen LogP contribution in [0.4, 0.5) is 0 Å². The summed E-state index contributed by atoms with van der Waals surface area (Å²) in [6, 6.07) is 4.64. The van der Waals surface area contributed by atoms with Crippen molar-refractivity contribution in [1.82, 2.24) is 0 Å². The van der Waals surface area contributed by atoms with Gasteiger partial charge in [0.05, 0.1) is 0 Å². The second-order valence-corrected chi connectivity index (χ2v) is 4.72. The van der Waals surface area contributed by atoms with Gasteiger partial charge in [-0.1, -0.05) is 12.1 Å². The molecule has 1 fully saturated rings. The van der Waals surface area contributed by atoms with Crippen molar-refractivity contribution < 1.29 is 0 Å². The normalized spacial score (nSPS) is 18.3. The second-order valence-electron chi connectivity index (χ2n) is 4.72. The molecule has 0 spiro atoms. The van der Waals surface area contributed by atoms with Crippen LogP contribution in [0.1, 0.15) is 35.1 Å². The predicted molar refractivity (Wildman–Crippen MR) is 60.6 cm³/mol. The van der Waals surface area contributed by atoms with E-state index < -0.39 is 0 Å². The average Bonchev–Trinajstić information content (AvgIpc) is 2.94. The quantitative estimate of drug-likeness (QED) is 0.760. The fraction of sp³-hybridized carbons (Fsp3) is 0.538. The van der Waals surface area contributed by atoms with Gasteiger partial charge in [0.1, 0.15) is 0 Å². The highest BCUT2D eigenvalue weighted by molar-refractivity contribution is 5.42. The molecule has 0 amide bonds. The van der Waals surface area contributed by atoms with Gasteiger partial charge in [0.15, 0.2) is 0 Å². The van der Waals surface area contributed by atoms with Crippen LogP contribution in [0.2, 0.25) is 0 Å². The van der Waals surface area contributed by atoms with Crippen molar-refractivity contribution >= 4 is 0 Å². The molecule has 0 aromatic heterocycles. The molecule has 1 heteroatoms. The van der Waals surface area contributed by atoms with E-state index in [4.69, 9.17) is 5.73 Å². The van der Waals surface area contributed by atoms with Crippen LogP contribution in [-0.2, 0) is 5.41 Å². The maximum Gasteiger partial charge on any atom is 0.00764 e. The van der Waals surface area contributed by atoms with Gasteiger partial charge in [-0.25, -0.2) is 0 Å². The average molecular weight is 189 g/mol. The van der Waals surface area contributed by atoms with Gasteiger partial charge in [0.2, 0.25) is 0 Å². The van der Waals surface area contributed by atoms with Crippen LogP contribution in [-0.4, -0.2) is 6.54 Å². The molecule has 76 valence electrons. The third-order valence-corrected chi connectivity index (χ3v) is 3.78. The zero-order chi connectivity index (χ0) is 10.3. The molecule has 1 nitrogen and oxygen atoms in total. The van der Waals surface area contributed by atoms with Crippen molar-refractivity contribution in [1.29, 1.82) is 0 Å². The zero-order valence-electron chi connectivity index (χ0n) is 9.35. The lowest BCUT2D eigenvalue weighted by Gasteiger charge is -2.16. The van der Waals surface area contributed by atoms with Crippen LogP contribution < -0.4 is 5.73 Å². The topological polar surface area (TPSA) is 26.0 Å². The molecule has 1 saturated carbocycles. The minimum Gasteiger partial charge on any atom is -0.330 e. The first-order chi connectivity index (χ1) is 6.59. The summed E-state index contributed by atoms with van der Waals surface area (Å²) in [5, 5.41) is 0. The van der Waals surface area contributed by atoms with E-state index in [9.17, 15) is 0 Å². The second kappa shape index (κ2) is 3.09. The van der Waals surface area contributed by atoms with Crippen molar-refractivity contribution in [3.8, 4) is 0 Å². The molecule has 1 aliphatic rings. The molecule has 14 heavy (non-hydrogen) atoms. The first-order valence-electron chi connectivity index (χ1n) is 5.37. The van der Waals surface area contributed by atoms with Gasteiger partial charge in [0, 0.05) is 12.0 Å². The highest BCUT2D eigenvalue weighted by atomic mass is 14.7. The highest BCUT2D eigenvalue weighted by Crippen LogP contribution is 2.47.